The van der Waals surface area contributed by atoms with Crippen molar-refractivity contribution in [3.05, 3.63) is 65.0 Å². The van der Waals surface area contributed by atoms with Crippen LogP contribution in [0.2, 0.25) is 0 Å². The molecule has 1 saturated heterocycles. The van der Waals surface area contributed by atoms with Gasteiger partial charge < -0.3 is 21.3 Å². The first-order valence-electron chi connectivity index (χ1n) is 12.5. The van der Waals surface area contributed by atoms with Crippen LogP contribution in [0.1, 0.15) is 41.8 Å². The van der Waals surface area contributed by atoms with Crippen LogP contribution < -0.4 is 21.3 Å². The summed E-state index contributed by atoms with van der Waals surface area (Å²) in [5.74, 6) is 1.11. The highest BCUT2D eigenvalue weighted by Crippen LogP contribution is 2.24. The number of nitrogens with one attached hydrogen (secondary N) is 2. The number of halogens is 1. The highest BCUT2D eigenvalue weighted by molar-refractivity contribution is 5.94. The van der Waals surface area contributed by atoms with Crippen molar-refractivity contribution in [2.45, 2.75) is 39.8 Å². The molecule has 0 saturated carbocycles. The molecule has 2 heterocycles. The first kappa shape index (κ1) is 26.3. The van der Waals surface area contributed by atoms with Crippen LogP contribution in [0.4, 0.5) is 27.9 Å². The van der Waals surface area contributed by atoms with E-state index < -0.39 is 5.91 Å². The van der Waals surface area contributed by atoms with Gasteiger partial charge in [-0.15, -0.1) is 0 Å². The van der Waals surface area contributed by atoms with E-state index in [-0.39, 0.29) is 11.9 Å². The smallest absolute Gasteiger partial charge is 0.248 e. The van der Waals surface area contributed by atoms with E-state index in [9.17, 15) is 9.18 Å². The molecule has 0 aliphatic carbocycles. The molecular weight excluding hydrogens is 471 g/mol. The zero-order valence-corrected chi connectivity index (χ0v) is 21.8. The van der Waals surface area contributed by atoms with Crippen molar-refractivity contribution in [2.24, 2.45) is 11.7 Å². The second kappa shape index (κ2) is 11.5. The summed E-state index contributed by atoms with van der Waals surface area (Å²) in [6.45, 7) is 9.14. The fourth-order valence-electron chi connectivity index (χ4n) is 4.46. The Morgan fingerprint density at radius 1 is 1.19 bits per heavy atom. The molecule has 3 aromatic rings. The van der Waals surface area contributed by atoms with Gasteiger partial charge in [0.05, 0.1) is 0 Å². The van der Waals surface area contributed by atoms with Gasteiger partial charge in [-0.25, -0.2) is 4.39 Å². The van der Waals surface area contributed by atoms with Crippen molar-refractivity contribution in [1.82, 2.24) is 19.9 Å². The summed E-state index contributed by atoms with van der Waals surface area (Å²) >= 11 is 0. The SMILES string of the molecule is Cc1ccc(C(N)=O)cc1Nc1nc(N[C@H]2CCN(Cc3ccccc3F)C2)nc(N(C)CC(C)C)n1. The standard InChI is InChI=1S/C27H35FN8O/c1-17(2)14-35(4)27-33-25(30-21-11-12-36(16-21)15-20-7-5-6-8-22(20)28)32-26(34-27)31-23-13-19(24(29)37)10-9-18(23)3/h5-10,13,17,21H,11-12,14-16H2,1-4H3,(H2,29,37)(H2,30,31,32,33,34)/t21-/m0/s1. The van der Waals surface area contributed by atoms with Crippen molar-refractivity contribution >= 4 is 29.4 Å². The summed E-state index contributed by atoms with van der Waals surface area (Å²) in [6.07, 6.45) is 0.889. The number of amides is 1. The Labute approximate surface area is 217 Å². The summed E-state index contributed by atoms with van der Waals surface area (Å²) in [5.41, 5.74) is 8.19. The first-order chi connectivity index (χ1) is 17.7. The number of aromatic nitrogens is 3. The number of carbonyl (C=O) groups is 1. The van der Waals surface area contributed by atoms with Crippen molar-refractivity contribution < 1.29 is 9.18 Å². The van der Waals surface area contributed by atoms with E-state index in [1.165, 1.54) is 6.07 Å². The molecule has 1 aliphatic heterocycles. The molecule has 1 atom stereocenters. The van der Waals surface area contributed by atoms with Crippen LogP contribution in [0, 0.1) is 18.7 Å². The number of hydrogen-bond donors (Lipinski definition) is 3. The molecule has 196 valence electrons. The normalized spacial score (nSPS) is 15.7. The fourth-order valence-corrected chi connectivity index (χ4v) is 4.46. The summed E-state index contributed by atoms with van der Waals surface area (Å²) in [4.78, 5) is 29.8. The minimum atomic E-state index is -0.500. The highest BCUT2D eigenvalue weighted by Gasteiger charge is 2.24. The van der Waals surface area contributed by atoms with Gasteiger partial charge in [0.1, 0.15) is 5.82 Å². The number of hydrogen-bond acceptors (Lipinski definition) is 8. The third kappa shape index (κ3) is 6.91. The van der Waals surface area contributed by atoms with Gasteiger partial charge in [-0.05, 0) is 43.0 Å². The topological polar surface area (TPSA) is 112 Å². The van der Waals surface area contributed by atoms with Gasteiger partial charge in [-0.3, -0.25) is 9.69 Å². The Hall–Kier alpha value is -3.79. The minimum Gasteiger partial charge on any atom is -0.366 e. The molecule has 1 aliphatic rings. The Morgan fingerprint density at radius 2 is 1.95 bits per heavy atom. The van der Waals surface area contributed by atoms with Crippen LogP contribution in [-0.2, 0) is 6.54 Å². The van der Waals surface area contributed by atoms with E-state index >= 15 is 0 Å². The van der Waals surface area contributed by atoms with Gasteiger partial charge in [0.15, 0.2) is 0 Å². The summed E-state index contributed by atoms with van der Waals surface area (Å²) in [7, 11) is 1.95. The van der Waals surface area contributed by atoms with Gasteiger partial charge in [-0.1, -0.05) is 38.1 Å². The number of rotatable bonds is 10. The lowest BCUT2D eigenvalue weighted by Crippen LogP contribution is -2.29. The molecule has 10 heteroatoms. The molecule has 2 aromatic carbocycles. The monoisotopic (exact) mass is 506 g/mol. The second-order valence-electron chi connectivity index (χ2n) is 10.0. The third-order valence-electron chi connectivity index (χ3n) is 6.33. The quantitative estimate of drug-likeness (QED) is 0.379. The van der Waals surface area contributed by atoms with Crippen LogP contribution in [-0.4, -0.2) is 58.5 Å². The average molecular weight is 507 g/mol. The summed E-state index contributed by atoms with van der Waals surface area (Å²) < 4.78 is 14.1. The van der Waals surface area contributed by atoms with E-state index in [0.717, 1.165) is 31.6 Å². The Bertz CT molecular complexity index is 1250. The van der Waals surface area contributed by atoms with Gasteiger partial charge >= 0.3 is 0 Å². The van der Waals surface area contributed by atoms with Gasteiger partial charge in [-0.2, -0.15) is 15.0 Å². The lowest BCUT2D eigenvalue weighted by atomic mass is 10.1. The summed E-state index contributed by atoms with van der Waals surface area (Å²) in [6, 6.07) is 12.2. The number of aryl methyl sites for hydroxylation is 1. The number of likely N-dealkylation sites (tertiary alicyclic amines) is 1. The van der Waals surface area contributed by atoms with Crippen LogP contribution in [0.15, 0.2) is 42.5 Å². The van der Waals surface area contributed by atoms with E-state index in [2.05, 4.69) is 44.3 Å². The van der Waals surface area contributed by atoms with Crippen molar-refractivity contribution in [2.75, 3.05) is 42.2 Å². The van der Waals surface area contributed by atoms with Crippen molar-refractivity contribution in [3.63, 3.8) is 0 Å². The molecule has 0 spiro atoms. The largest absolute Gasteiger partial charge is 0.366 e. The number of carbonyl (C=O) groups excluding carboxylic acids is 1. The second-order valence-corrected chi connectivity index (χ2v) is 10.0. The molecule has 1 aromatic heterocycles. The average Bonchev–Trinajstić information content (AvgIpc) is 3.28. The maximum atomic E-state index is 14.1. The van der Waals surface area contributed by atoms with E-state index in [1.807, 2.05) is 37.1 Å². The van der Waals surface area contributed by atoms with E-state index in [0.29, 0.717) is 47.1 Å². The maximum absolute atomic E-state index is 14.1. The predicted molar refractivity (Wildman–Crippen MR) is 145 cm³/mol. The van der Waals surface area contributed by atoms with Crippen LogP contribution >= 0.6 is 0 Å². The van der Waals surface area contributed by atoms with Crippen LogP contribution in [0.25, 0.3) is 0 Å². The predicted octanol–water partition coefficient (Wildman–Crippen LogP) is 3.94. The van der Waals surface area contributed by atoms with Crippen molar-refractivity contribution in [1.29, 1.82) is 0 Å². The fraction of sp³-hybridized carbons (Fsp3) is 0.407. The molecule has 4 N–H and O–H groups in total. The van der Waals surface area contributed by atoms with Gasteiger partial charge in [0.25, 0.3) is 0 Å². The van der Waals surface area contributed by atoms with E-state index in [1.54, 1.807) is 18.2 Å². The summed E-state index contributed by atoms with van der Waals surface area (Å²) in [5, 5.41) is 6.69. The molecule has 0 bridgehead atoms. The first-order valence-corrected chi connectivity index (χ1v) is 12.5. The molecule has 37 heavy (non-hydrogen) atoms. The van der Waals surface area contributed by atoms with Crippen molar-refractivity contribution in [3.8, 4) is 0 Å². The molecule has 9 nitrogen and oxygen atoms in total. The zero-order chi connectivity index (χ0) is 26.5. The van der Waals surface area contributed by atoms with Gasteiger partial charge in [0.2, 0.25) is 23.8 Å². The molecule has 0 radical (unpaired) electrons. The minimum absolute atomic E-state index is 0.116. The zero-order valence-electron chi connectivity index (χ0n) is 21.8. The molecular formula is C27H35FN8O. The Kier molecular flexibility index (Phi) is 8.17. The Balaban J connectivity index is 1.53. The highest BCUT2D eigenvalue weighted by atomic mass is 19.1. The number of nitrogens with two attached hydrogens (primary N) is 1. The lowest BCUT2D eigenvalue weighted by Gasteiger charge is -2.22. The lowest BCUT2D eigenvalue weighted by molar-refractivity contribution is 0.100. The van der Waals surface area contributed by atoms with Crippen LogP contribution in [0.5, 0.6) is 0 Å². The van der Waals surface area contributed by atoms with E-state index in [4.69, 9.17) is 5.73 Å². The maximum Gasteiger partial charge on any atom is 0.248 e. The molecule has 0 unspecified atom stereocenters. The molecule has 1 amide bonds. The Morgan fingerprint density at radius 3 is 2.68 bits per heavy atom. The van der Waals surface area contributed by atoms with Crippen LogP contribution in [0.3, 0.4) is 0 Å². The third-order valence-corrected chi connectivity index (χ3v) is 6.33. The number of benzene rings is 2. The number of anilines is 4. The molecule has 1 fully saturated rings. The van der Waals surface area contributed by atoms with Gasteiger partial charge in [0, 0.05) is 56.1 Å². The number of nitrogens with zero attached hydrogens (tertiary/aromatic N) is 5. The molecule has 4 rings (SSSR count). The number of primary amides is 1.